The van der Waals surface area contributed by atoms with Crippen molar-refractivity contribution in [3.8, 4) is 0 Å². The van der Waals surface area contributed by atoms with E-state index in [2.05, 4.69) is 10.3 Å². The van der Waals surface area contributed by atoms with Gasteiger partial charge in [-0.05, 0) is 20.8 Å². The molecule has 72 valence electrons. The lowest BCUT2D eigenvalue weighted by atomic mass is 10.1. The first-order valence-corrected chi connectivity index (χ1v) is 4.73. The SMILES string of the molecule is Cc1ncsc1NC(=O)C(C)(C)O. The van der Waals surface area contributed by atoms with Crippen LogP contribution >= 0.6 is 11.3 Å². The summed E-state index contributed by atoms with van der Waals surface area (Å²) in [5.41, 5.74) is 1.06. The number of nitrogens with one attached hydrogen (secondary N) is 1. The van der Waals surface area contributed by atoms with Gasteiger partial charge in [-0.25, -0.2) is 4.98 Å². The molecule has 0 saturated heterocycles. The summed E-state index contributed by atoms with van der Waals surface area (Å²) in [5, 5.41) is 12.6. The first-order chi connectivity index (χ1) is 5.91. The summed E-state index contributed by atoms with van der Waals surface area (Å²) in [5.74, 6) is -0.417. The Morgan fingerprint density at radius 3 is 2.69 bits per heavy atom. The summed E-state index contributed by atoms with van der Waals surface area (Å²) in [6, 6.07) is 0. The number of nitrogens with zero attached hydrogens (tertiary/aromatic N) is 1. The molecule has 1 heterocycles. The molecule has 0 aromatic carbocycles. The average molecular weight is 200 g/mol. The predicted molar refractivity (Wildman–Crippen MR) is 51.8 cm³/mol. The fraction of sp³-hybridized carbons (Fsp3) is 0.500. The van der Waals surface area contributed by atoms with Crippen molar-refractivity contribution >= 4 is 22.2 Å². The van der Waals surface area contributed by atoms with E-state index in [0.29, 0.717) is 5.00 Å². The van der Waals surface area contributed by atoms with Crippen LogP contribution in [0, 0.1) is 6.92 Å². The number of aromatic nitrogens is 1. The zero-order valence-electron chi connectivity index (χ0n) is 7.79. The van der Waals surface area contributed by atoms with Crippen molar-refractivity contribution in [2.75, 3.05) is 5.32 Å². The third kappa shape index (κ3) is 2.50. The van der Waals surface area contributed by atoms with Gasteiger partial charge in [0.1, 0.15) is 10.6 Å². The second-order valence-electron chi connectivity index (χ2n) is 3.28. The zero-order chi connectivity index (χ0) is 10.1. The molecule has 0 aliphatic carbocycles. The lowest BCUT2D eigenvalue weighted by Gasteiger charge is -2.15. The summed E-state index contributed by atoms with van der Waals surface area (Å²) in [6.45, 7) is 4.69. The van der Waals surface area contributed by atoms with Gasteiger partial charge in [0.2, 0.25) is 0 Å². The topological polar surface area (TPSA) is 62.2 Å². The van der Waals surface area contributed by atoms with E-state index in [1.165, 1.54) is 25.2 Å². The Bertz CT molecular complexity index is 314. The van der Waals surface area contributed by atoms with Crippen LogP contribution in [0.5, 0.6) is 0 Å². The minimum absolute atomic E-state index is 0.417. The van der Waals surface area contributed by atoms with Crippen LogP contribution < -0.4 is 5.32 Å². The van der Waals surface area contributed by atoms with Crippen molar-refractivity contribution in [2.24, 2.45) is 0 Å². The summed E-state index contributed by atoms with van der Waals surface area (Å²) >= 11 is 1.34. The molecule has 13 heavy (non-hydrogen) atoms. The van der Waals surface area contributed by atoms with Crippen LogP contribution in [-0.4, -0.2) is 21.6 Å². The van der Waals surface area contributed by atoms with E-state index in [1.807, 2.05) is 0 Å². The summed E-state index contributed by atoms with van der Waals surface area (Å²) < 4.78 is 0. The molecule has 4 nitrogen and oxygen atoms in total. The van der Waals surface area contributed by atoms with Crippen LogP contribution in [0.3, 0.4) is 0 Å². The minimum atomic E-state index is -1.35. The molecule has 1 aromatic rings. The molecule has 0 aliphatic heterocycles. The number of thiazole rings is 1. The van der Waals surface area contributed by atoms with Gasteiger partial charge in [0, 0.05) is 0 Å². The highest BCUT2D eigenvalue weighted by atomic mass is 32.1. The van der Waals surface area contributed by atoms with Crippen LogP contribution in [-0.2, 0) is 4.79 Å². The van der Waals surface area contributed by atoms with Gasteiger partial charge >= 0.3 is 0 Å². The van der Waals surface area contributed by atoms with Crippen molar-refractivity contribution in [3.63, 3.8) is 0 Å². The highest BCUT2D eigenvalue weighted by Gasteiger charge is 2.24. The quantitative estimate of drug-likeness (QED) is 0.753. The zero-order valence-corrected chi connectivity index (χ0v) is 8.60. The standard InChI is InChI=1S/C8H12N2O2S/c1-5-6(13-4-9-5)10-7(11)8(2,3)12/h4,12H,1-3H3,(H,10,11). The summed E-state index contributed by atoms with van der Waals surface area (Å²) in [7, 11) is 0. The summed E-state index contributed by atoms with van der Waals surface area (Å²) in [4.78, 5) is 15.3. The number of carbonyl (C=O) groups excluding carboxylic acids is 1. The molecule has 0 unspecified atom stereocenters. The number of carbonyl (C=O) groups is 1. The molecular formula is C8H12N2O2S. The fourth-order valence-corrected chi connectivity index (χ4v) is 1.37. The van der Waals surface area contributed by atoms with E-state index < -0.39 is 11.5 Å². The monoisotopic (exact) mass is 200 g/mol. The number of hydrogen-bond donors (Lipinski definition) is 2. The number of aryl methyl sites for hydroxylation is 1. The van der Waals surface area contributed by atoms with Gasteiger partial charge < -0.3 is 10.4 Å². The number of amides is 1. The highest BCUT2D eigenvalue weighted by Crippen LogP contribution is 2.20. The van der Waals surface area contributed by atoms with Gasteiger partial charge in [-0.1, -0.05) is 0 Å². The molecule has 0 fully saturated rings. The average Bonchev–Trinajstić information content (AvgIpc) is 2.34. The first-order valence-electron chi connectivity index (χ1n) is 3.85. The van der Waals surface area contributed by atoms with Crippen LogP contribution in [0.1, 0.15) is 19.5 Å². The molecule has 1 rings (SSSR count). The second kappa shape index (κ2) is 3.43. The predicted octanol–water partition coefficient (Wildman–Crippen LogP) is 1.16. The maximum absolute atomic E-state index is 11.3. The fourth-order valence-electron chi connectivity index (χ4n) is 0.678. The van der Waals surface area contributed by atoms with E-state index in [9.17, 15) is 9.90 Å². The molecule has 5 heteroatoms. The molecule has 0 saturated carbocycles. The van der Waals surface area contributed by atoms with Crippen molar-refractivity contribution in [3.05, 3.63) is 11.2 Å². The van der Waals surface area contributed by atoms with E-state index in [1.54, 1.807) is 12.4 Å². The van der Waals surface area contributed by atoms with Crippen LogP contribution in [0.25, 0.3) is 0 Å². The molecule has 0 atom stereocenters. The molecule has 0 spiro atoms. The normalized spacial score (nSPS) is 11.4. The van der Waals surface area contributed by atoms with Gasteiger partial charge in [-0.2, -0.15) is 0 Å². The second-order valence-corrected chi connectivity index (χ2v) is 4.13. The first kappa shape index (κ1) is 10.1. The number of hydrogen-bond acceptors (Lipinski definition) is 4. The Balaban J connectivity index is 2.71. The Labute approximate surface area is 80.6 Å². The van der Waals surface area contributed by atoms with E-state index in [-0.39, 0.29) is 0 Å². The minimum Gasteiger partial charge on any atom is -0.381 e. The number of anilines is 1. The van der Waals surface area contributed by atoms with Gasteiger partial charge in [-0.3, -0.25) is 4.79 Å². The summed E-state index contributed by atoms with van der Waals surface area (Å²) in [6.07, 6.45) is 0. The maximum Gasteiger partial charge on any atom is 0.256 e. The largest absolute Gasteiger partial charge is 0.381 e. The Morgan fingerprint density at radius 1 is 1.69 bits per heavy atom. The Morgan fingerprint density at radius 2 is 2.31 bits per heavy atom. The van der Waals surface area contributed by atoms with Gasteiger partial charge in [0.05, 0.1) is 11.2 Å². The van der Waals surface area contributed by atoms with Crippen molar-refractivity contribution in [1.29, 1.82) is 0 Å². The van der Waals surface area contributed by atoms with Crippen LogP contribution in [0.4, 0.5) is 5.00 Å². The van der Waals surface area contributed by atoms with E-state index >= 15 is 0 Å². The number of rotatable bonds is 2. The lowest BCUT2D eigenvalue weighted by Crippen LogP contribution is -2.36. The molecule has 1 aromatic heterocycles. The van der Waals surface area contributed by atoms with Gasteiger partial charge in [0.25, 0.3) is 5.91 Å². The van der Waals surface area contributed by atoms with Crippen LogP contribution in [0.2, 0.25) is 0 Å². The Kier molecular flexibility index (Phi) is 2.68. The highest BCUT2D eigenvalue weighted by molar-refractivity contribution is 7.14. The van der Waals surface area contributed by atoms with Gasteiger partial charge in [-0.15, -0.1) is 11.3 Å². The lowest BCUT2D eigenvalue weighted by molar-refractivity contribution is -0.130. The van der Waals surface area contributed by atoms with Crippen molar-refractivity contribution in [2.45, 2.75) is 26.4 Å². The van der Waals surface area contributed by atoms with E-state index in [0.717, 1.165) is 5.69 Å². The third-order valence-electron chi connectivity index (χ3n) is 1.53. The molecular weight excluding hydrogens is 188 g/mol. The Hall–Kier alpha value is -0.940. The van der Waals surface area contributed by atoms with E-state index in [4.69, 9.17) is 0 Å². The maximum atomic E-state index is 11.3. The molecule has 0 radical (unpaired) electrons. The van der Waals surface area contributed by atoms with Crippen molar-refractivity contribution in [1.82, 2.24) is 4.98 Å². The molecule has 0 bridgehead atoms. The molecule has 2 N–H and O–H groups in total. The molecule has 1 amide bonds. The van der Waals surface area contributed by atoms with Crippen molar-refractivity contribution < 1.29 is 9.90 Å². The number of aliphatic hydroxyl groups is 1. The van der Waals surface area contributed by atoms with Gasteiger partial charge in [0.15, 0.2) is 0 Å². The third-order valence-corrected chi connectivity index (χ3v) is 2.37. The molecule has 0 aliphatic rings. The smallest absolute Gasteiger partial charge is 0.256 e. The van der Waals surface area contributed by atoms with Crippen LogP contribution in [0.15, 0.2) is 5.51 Å².